The molecular weight excluding hydrogens is 172 g/mol. The van der Waals surface area contributed by atoms with E-state index >= 15 is 0 Å². The van der Waals surface area contributed by atoms with E-state index in [0.29, 0.717) is 5.92 Å². The number of rotatable bonds is 1. The number of hydrogen-bond acceptors (Lipinski definition) is 5. The van der Waals surface area contributed by atoms with Gasteiger partial charge in [-0.1, -0.05) is 21.3 Å². The summed E-state index contributed by atoms with van der Waals surface area (Å²) in [4.78, 5) is 17.7. The lowest BCUT2D eigenvalue weighted by Gasteiger charge is -1.91. The first-order valence-corrected chi connectivity index (χ1v) is 3.35. The summed E-state index contributed by atoms with van der Waals surface area (Å²) in [5.74, 6) is 1.18. The van der Waals surface area contributed by atoms with Crippen LogP contribution < -0.4 is 0 Å². The summed E-state index contributed by atoms with van der Waals surface area (Å²) in [6.07, 6.45) is 0.250. The van der Waals surface area contributed by atoms with Crippen molar-refractivity contribution < 1.29 is 9.59 Å². The molecule has 0 radical (unpaired) electrons. The molecule has 0 aliphatic heterocycles. The van der Waals surface area contributed by atoms with Crippen LogP contribution in [0.3, 0.4) is 0 Å². The van der Waals surface area contributed by atoms with Gasteiger partial charge < -0.3 is 0 Å². The Balaban J connectivity index is 0. The highest BCUT2D eigenvalue weighted by Gasteiger charge is 2.03. The third kappa shape index (κ3) is 5.69. The molecule has 0 saturated heterocycles. The van der Waals surface area contributed by atoms with Crippen molar-refractivity contribution in [3.8, 4) is 0 Å². The molecular formula is C7H14N4O2. The van der Waals surface area contributed by atoms with Gasteiger partial charge in [0.1, 0.15) is 0 Å². The van der Waals surface area contributed by atoms with E-state index in [9.17, 15) is 0 Å². The van der Waals surface area contributed by atoms with Gasteiger partial charge in [0.2, 0.25) is 0 Å². The van der Waals surface area contributed by atoms with Gasteiger partial charge in [0, 0.05) is 5.92 Å². The van der Waals surface area contributed by atoms with Crippen molar-refractivity contribution >= 4 is 6.15 Å². The van der Waals surface area contributed by atoms with Crippen LogP contribution in [0.4, 0.5) is 0 Å². The molecule has 0 saturated carbocycles. The Hall–Kier alpha value is -1.55. The minimum Gasteiger partial charge on any atom is -0.186 e. The molecule has 0 N–H and O–H groups in total. The summed E-state index contributed by atoms with van der Waals surface area (Å²) in [7, 11) is 1.76. The Morgan fingerprint density at radius 1 is 1.38 bits per heavy atom. The molecule has 1 heterocycles. The Labute approximate surface area is 76.9 Å². The van der Waals surface area contributed by atoms with Gasteiger partial charge in [0.05, 0.1) is 7.05 Å². The van der Waals surface area contributed by atoms with E-state index in [1.54, 1.807) is 7.05 Å². The van der Waals surface area contributed by atoms with Crippen molar-refractivity contribution in [2.45, 2.75) is 27.2 Å². The first-order valence-electron chi connectivity index (χ1n) is 3.35. The molecule has 1 aromatic rings. The van der Waals surface area contributed by atoms with E-state index in [-0.39, 0.29) is 13.6 Å². The average molecular weight is 186 g/mol. The molecule has 1 rings (SSSR count). The van der Waals surface area contributed by atoms with E-state index < -0.39 is 0 Å². The molecule has 6 heteroatoms. The van der Waals surface area contributed by atoms with Gasteiger partial charge in [-0.3, -0.25) is 0 Å². The highest BCUT2D eigenvalue weighted by molar-refractivity contribution is 5.20. The van der Waals surface area contributed by atoms with E-state index in [4.69, 9.17) is 9.59 Å². The summed E-state index contributed by atoms with van der Waals surface area (Å²) in [5, 5.41) is 11.5. The summed E-state index contributed by atoms with van der Waals surface area (Å²) in [5.41, 5.74) is 0. The van der Waals surface area contributed by atoms with Crippen LogP contribution in [0.25, 0.3) is 0 Å². The van der Waals surface area contributed by atoms with Gasteiger partial charge in [0.25, 0.3) is 0 Å². The molecule has 0 aromatic carbocycles. The highest BCUT2D eigenvalue weighted by Crippen LogP contribution is 2.04. The van der Waals surface area contributed by atoms with Crippen molar-refractivity contribution in [3.63, 3.8) is 0 Å². The fourth-order valence-corrected chi connectivity index (χ4v) is 0.530. The minimum absolute atomic E-state index is 0. The molecule has 0 unspecified atom stereocenters. The smallest absolute Gasteiger partial charge is 0.186 e. The van der Waals surface area contributed by atoms with Crippen LogP contribution in [-0.4, -0.2) is 26.4 Å². The van der Waals surface area contributed by atoms with Crippen molar-refractivity contribution in [1.82, 2.24) is 20.2 Å². The lowest BCUT2D eigenvalue weighted by atomic mass is 10.2. The van der Waals surface area contributed by atoms with Crippen molar-refractivity contribution in [3.05, 3.63) is 5.82 Å². The molecule has 1 aromatic heterocycles. The topological polar surface area (TPSA) is 77.7 Å². The largest absolute Gasteiger partial charge is 0.373 e. The fraction of sp³-hybridized carbons (Fsp3) is 0.714. The summed E-state index contributed by atoms with van der Waals surface area (Å²) in [6, 6.07) is 0. The summed E-state index contributed by atoms with van der Waals surface area (Å²) in [6.45, 7) is 4.08. The Morgan fingerprint density at radius 3 is 2.00 bits per heavy atom. The maximum absolute atomic E-state index is 8.12. The zero-order valence-corrected chi connectivity index (χ0v) is 7.18. The maximum Gasteiger partial charge on any atom is 0.373 e. The van der Waals surface area contributed by atoms with Crippen LogP contribution in [0, 0.1) is 0 Å². The molecule has 74 valence electrons. The van der Waals surface area contributed by atoms with Crippen LogP contribution in [0.1, 0.15) is 33.0 Å². The normalized spacial score (nSPS) is 8.00. The second-order valence-corrected chi connectivity index (χ2v) is 2.38. The lowest BCUT2D eigenvalue weighted by molar-refractivity contribution is -0.191. The van der Waals surface area contributed by atoms with E-state index in [1.165, 1.54) is 4.80 Å². The molecule has 6 nitrogen and oxygen atoms in total. The minimum atomic E-state index is 0. The van der Waals surface area contributed by atoms with Gasteiger partial charge in [-0.2, -0.15) is 14.4 Å². The Morgan fingerprint density at radius 2 is 1.85 bits per heavy atom. The van der Waals surface area contributed by atoms with Crippen LogP contribution in [0.2, 0.25) is 0 Å². The van der Waals surface area contributed by atoms with Gasteiger partial charge in [-0.25, -0.2) is 0 Å². The van der Waals surface area contributed by atoms with E-state index in [2.05, 4.69) is 15.4 Å². The number of hydrogen-bond donors (Lipinski definition) is 0. The quantitative estimate of drug-likeness (QED) is 0.633. The zero-order chi connectivity index (χ0) is 9.56. The average Bonchev–Trinajstić information content (AvgIpc) is 2.37. The molecule has 0 atom stereocenters. The molecule has 0 spiro atoms. The molecule has 0 amide bonds. The monoisotopic (exact) mass is 186 g/mol. The van der Waals surface area contributed by atoms with Crippen LogP contribution in [-0.2, 0) is 16.6 Å². The molecule has 0 aliphatic carbocycles. The van der Waals surface area contributed by atoms with Crippen LogP contribution >= 0.6 is 0 Å². The second kappa shape index (κ2) is 7.12. The second-order valence-electron chi connectivity index (χ2n) is 2.38. The number of tetrazole rings is 1. The van der Waals surface area contributed by atoms with Crippen LogP contribution in [0.15, 0.2) is 0 Å². The maximum atomic E-state index is 8.12. The SMILES string of the molecule is C.CC(C)c1nnn(C)n1.O=C=O. The van der Waals surface area contributed by atoms with Gasteiger partial charge >= 0.3 is 6.15 Å². The molecule has 0 aliphatic rings. The number of aromatic nitrogens is 4. The predicted octanol–water partition coefficient (Wildman–Crippen LogP) is 0.386. The third-order valence-electron chi connectivity index (χ3n) is 1.04. The Bertz CT molecular complexity index is 263. The highest BCUT2D eigenvalue weighted by atomic mass is 16.2. The van der Waals surface area contributed by atoms with E-state index in [0.717, 1.165) is 5.82 Å². The van der Waals surface area contributed by atoms with Gasteiger partial charge in [-0.05, 0) is 5.21 Å². The van der Waals surface area contributed by atoms with Crippen molar-refractivity contribution in [2.24, 2.45) is 7.05 Å². The van der Waals surface area contributed by atoms with Crippen molar-refractivity contribution in [1.29, 1.82) is 0 Å². The fourth-order valence-electron chi connectivity index (χ4n) is 0.530. The number of carbonyl (C=O) groups excluding carboxylic acids is 2. The first-order chi connectivity index (χ1) is 5.61. The number of aryl methyl sites for hydroxylation is 1. The van der Waals surface area contributed by atoms with Gasteiger partial charge in [-0.15, -0.1) is 10.2 Å². The zero-order valence-electron chi connectivity index (χ0n) is 7.18. The van der Waals surface area contributed by atoms with Gasteiger partial charge in [0.15, 0.2) is 5.82 Å². The summed E-state index contributed by atoms with van der Waals surface area (Å²) >= 11 is 0. The first kappa shape index (κ1) is 14.0. The third-order valence-corrected chi connectivity index (χ3v) is 1.04. The molecule has 13 heavy (non-hydrogen) atoms. The molecule has 0 bridgehead atoms. The molecule has 0 fully saturated rings. The summed E-state index contributed by atoms with van der Waals surface area (Å²) < 4.78 is 0. The lowest BCUT2D eigenvalue weighted by Crippen LogP contribution is -1.94. The van der Waals surface area contributed by atoms with E-state index in [1.807, 2.05) is 13.8 Å². The Kier molecular flexibility index (Phi) is 7.67. The standard InChI is InChI=1S/C5H10N4.CO2.CH4/c1-4(2)5-6-8-9(3)7-5;2-1-3;/h4H,1-3H3;;1H4. The van der Waals surface area contributed by atoms with Crippen molar-refractivity contribution in [2.75, 3.05) is 0 Å². The van der Waals surface area contributed by atoms with Crippen LogP contribution in [0.5, 0.6) is 0 Å². The number of nitrogens with zero attached hydrogens (tertiary/aromatic N) is 4. The predicted molar refractivity (Wildman–Crippen MR) is 44.6 cm³/mol.